The summed E-state index contributed by atoms with van der Waals surface area (Å²) in [6.07, 6.45) is 1.86. The van der Waals surface area contributed by atoms with Crippen molar-refractivity contribution in [1.82, 2.24) is 15.2 Å². The van der Waals surface area contributed by atoms with E-state index in [0.717, 1.165) is 13.9 Å². The van der Waals surface area contributed by atoms with Crippen molar-refractivity contribution in [3.05, 3.63) is 26.9 Å². The van der Waals surface area contributed by atoms with Gasteiger partial charge in [0.1, 0.15) is 4.64 Å². The molecular weight excluding hydrogens is 254 g/mol. The number of nitrogens with zero attached hydrogens (tertiary/aromatic N) is 1. The molecular formula is C7H5N3S4. The number of pyridine rings is 1. The summed E-state index contributed by atoms with van der Waals surface area (Å²) in [6.45, 7) is 0. The third-order valence-corrected chi connectivity index (χ3v) is 3.77. The Kier molecular flexibility index (Phi) is 3.12. The van der Waals surface area contributed by atoms with E-state index in [1.165, 1.54) is 11.3 Å². The lowest BCUT2D eigenvalue weighted by Crippen LogP contribution is -1.76. The quantitative estimate of drug-likeness (QED) is 0.811. The molecule has 0 aliphatic heterocycles. The van der Waals surface area contributed by atoms with E-state index in [1.807, 2.05) is 18.3 Å². The van der Waals surface area contributed by atoms with E-state index < -0.39 is 0 Å². The van der Waals surface area contributed by atoms with Gasteiger partial charge in [-0.2, -0.15) is 5.10 Å². The van der Waals surface area contributed by atoms with Crippen LogP contribution < -0.4 is 0 Å². The van der Waals surface area contributed by atoms with Crippen LogP contribution in [0.4, 0.5) is 0 Å². The van der Waals surface area contributed by atoms with Crippen molar-refractivity contribution in [2.75, 3.05) is 0 Å². The molecule has 0 amide bonds. The number of aromatic amines is 2. The van der Waals surface area contributed by atoms with E-state index in [9.17, 15) is 0 Å². The van der Waals surface area contributed by atoms with Gasteiger partial charge >= 0.3 is 0 Å². The predicted octanol–water partition coefficient (Wildman–Crippen LogP) is 3.41. The van der Waals surface area contributed by atoms with Crippen LogP contribution in [0.2, 0.25) is 0 Å². The molecule has 2 N–H and O–H groups in total. The maximum atomic E-state index is 4.94. The summed E-state index contributed by atoms with van der Waals surface area (Å²) in [4.78, 5) is 4.03. The first-order valence-electron chi connectivity index (χ1n) is 3.66. The fraction of sp³-hybridized carbons (Fsp3) is 0. The monoisotopic (exact) mass is 259 g/mol. The van der Waals surface area contributed by atoms with Crippen LogP contribution in [0.1, 0.15) is 0 Å². The van der Waals surface area contributed by atoms with Gasteiger partial charge in [0, 0.05) is 11.1 Å². The molecule has 0 radical (unpaired) electrons. The van der Waals surface area contributed by atoms with Gasteiger partial charge in [0.05, 0.1) is 0 Å². The van der Waals surface area contributed by atoms with E-state index in [4.69, 9.17) is 24.4 Å². The van der Waals surface area contributed by atoms with Crippen LogP contribution >= 0.6 is 47.5 Å². The van der Waals surface area contributed by atoms with Crippen molar-refractivity contribution in [1.29, 1.82) is 0 Å². The van der Waals surface area contributed by atoms with Gasteiger partial charge in [0.25, 0.3) is 0 Å². The Bertz CT molecular complexity index is 518. The zero-order valence-electron chi connectivity index (χ0n) is 6.81. The Labute approximate surface area is 98.6 Å². The molecule has 2 aromatic heterocycles. The third-order valence-electron chi connectivity index (χ3n) is 1.38. The maximum absolute atomic E-state index is 4.94. The van der Waals surface area contributed by atoms with Crippen molar-refractivity contribution in [3.63, 3.8) is 0 Å². The molecule has 0 spiro atoms. The molecule has 0 fully saturated rings. The molecule has 0 aromatic carbocycles. The topological polar surface area (TPSA) is 44.5 Å². The molecule has 3 nitrogen and oxygen atoms in total. The average Bonchev–Trinajstić information content (AvgIpc) is 2.56. The highest BCUT2D eigenvalue weighted by Gasteiger charge is 2.00. The van der Waals surface area contributed by atoms with Crippen molar-refractivity contribution in [3.8, 4) is 0 Å². The van der Waals surface area contributed by atoms with Gasteiger partial charge in [0.2, 0.25) is 0 Å². The summed E-state index contributed by atoms with van der Waals surface area (Å²) in [7, 11) is 0. The van der Waals surface area contributed by atoms with E-state index in [0.29, 0.717) is 3.95 Å². The van der Waals surface area contributed by atoms with Gasteiger partial charge in [-0.3, -0.25) is 5.10 Å². The van der Waals surface area contributed by atoms with Crippen LogP contribution in [-0.2, 0) is 0 Å². The summed E-state index contributed by atoms with van der Waals surface area (Å²) in [6, 6.07) is 3.80. The summed E-state index contributed by atoms with van der Waals surface area (Å²) in [5.74, 6) is 0. The molecule has 72 valence electrons. The van der Waals surface area contributed by atoms with Crippen LogP contribution in [0.25, 0.3) is 0 Å². The number of hydrogen-bond donors (Lipinski definition) is 2. The van der Waals surface area contributed by atoms with E-state index in [1.54, 1.807) is 11.8 Å². The molecule has 2 heterocycles. The molecule has 14 heavy (non-hydrogen) atoms. The fourth-order valence-corrected chi connectivity index (χ4v) is 2.98. The standard InChI is InChI=1S/C7H5N3S4/c11-5-2-1-4(3-8-5)13-7-10-9-6(12)14-7/h1-3H,(H,8,11)(H,9,12). The van der Waals surface area contributed by atoms with Gasteiger partial charge in [-0.15, -0.1) is 0 Å². The largest absolute Gasteiger partial charge is 0.352 e. The van der Waals surface area contributed by atoms with Crippen LogP contribution in [0.3, 0.4) is 0 Å². The number of aromatic nitrogens is 3. The van der Waals surface area contributed by atoms with E-state index >= 15 is 0 Å². The highest BCUT2D eigenvalue weighted by Crippen LogP contribution is 2.27. The summed E-state index contributed by atoms with van der Waals surface area (Å²) < 4.78 is 2.32. The first-order valence-corrected chi connectivity index (χ1v) is 6.11. The van der Waals surface area contributed by atoms with Crippen LogP contribution in [0.15, 0.2) is 27.6 Å². The Morgan fingerprint density at radius 3 is 2.79 bits per heavy atom. The summed E-state index contributed by atoms with van der Waals surface area (Å²) in [5, 5.41) is 6.78. The van der Waals surface area contributed by atoms with Crippen molar-refractivity contribution in [2.24, 2.45) is 0 Å². The Morgan fingerprint density at radius 2 is 2.21 bits per heavy atom. The number of nitrogens with one attached hydrogen (secondary N) is 2. The molecule has 0 unspecified atom stereocenters. The van der Waals surface area contributed by atoms with Gasteiger partial charge in [-0.25, -0.2) is 0 Å². The van der Waals surface area contributed by atoms with Crippen molar-refractivity contribution >= 4 is 47.5 Å². The normalized spacial score (nSPS) is 10.3. The smallest absolute Gasteiger partial charge is 0.177 e. The van der Waals surface area contributed by atoms with Crippen LogP contribution in [0.5, 0.6) is 0 Å². The highest BCUT2D eigenvalue weighted by atomic mass is 32.2. The first kappa shape index (κ1) is 10.0. The zero-order valence-corrected chi connectivity index (χ0v) is 10.1. The first-order chi connectivity index (χ1) is 6.74. The number of hydrogen-bond acceptors (Lipinski definition) is 5. The van der Waals surface area contributed by atoms with E-state index in [2.05, 4.69) is 15.2 Å². The van der Waals surface area contributed by atoms with Crippen molar-refractivity contribution < 1.29 is 0 Å². The van der Waals surface area contributed by atoms with Gasteiger partial charge in [-0.05, 0) is 24.4 Å². The third kappa shape index (κ3) is 2.50. The molecule has 0 atom stereocenters. The molecule has 2 aromatic rings. The lowest BCUT2D eigenvalue weighted by atomic mass is 10.5. The van der Waals surface area contributed by atoms with Crippen LogP contribution in [0, 0.1) is 8.59 Å². The van der Waals surface area contributed by atoms with Gasteiger partial charge < -0.3 is 4.98 Å². The second kappa shape index (κ2) is 4.35. The van der Waals surface area contributed by atoms with Crippen molar-refractivity contribution in [2.45, 2.75) is 9.24 Å². The minimum Gasteiger partial charge on any atom is -0.352 e. The summed E-state index contributed by atoms with van der Waals surface area (Å²) >= 11 is 12.9. The SMILES string of the molecule is S=c1ccc(Sc2n[nH]c(=S)s2)c[nH]1. The Hall–Kier alpha value is -0.500. The minimum absolute atomic E-state index is 0.691. The van der Waals surface area contributed by atoms with Gasteiger partial charge in [-0.1, -0.05) is 35.3 Å². The van der Waals surface area contributed by atoms with Gasteiger partial charge in [0.15, 0.2) is 8.29 Å². The minimum atomic E-state index is 0.691. The highest BCUT2D eigenvalue weighted by molar-refractivity contribution is 8.01. The zero-order chi connectivity index (χ0) is 9.97. The lowest BCUT2D eigenvalue weighted by Gasteiger charge is -1.94. The molecule has 0 saturated heterocycles. The lowest BCUT2D eigenvalue weighted by molar-refractivity contribution is 1.00. The summed E-state index contributed by atoms with van der Waals surface area (Å²) in [5.41, 5.74) is 0. The van der Waals surface area contributed by atoms with E-state index in [-0.39, 0.29) is 0 Å². The second-order valence-electron chi connectivity index (χ2n) is 2.37. The molecule has 0 saturated carbocycles. The number of H-pyrrole nitrogens is 2. The van der Waals surface area contributed by atoms with Crippen LogP contribution in [-0.4, -0.2) is 15.2 Å². The average molecular weight is 259 g/mol. The Balaban J connectivity index is 2.23. The number of rotatable bonds is 2. The second-order valence-corrected chi connectivity index (χ2v) is 5.80. The Morgan fingerprint density at radius 1 is 1.36 bits per heavy atom. The molecule has 0 aliphatic carbocycles. The molecule has 2 rings (SSSR count). The fourth-order valence-electron chi connectivity index (χ4n) is 0.820. The predicted molar refractivity (Wildman–Crippen MR) is 63.0 cm³/mol. The molecule has 0 aliphatic rings. The molecule has 0 bridgehead atoms. The molecule has 7 heteroatoms. The maximum Gasteiger partial charge on any atom is 0.177 e.